The summed E-state index contributed by atoms with van der Waals surface area (Å²) < 4.78 is 18.7. The predicted molar refractivity (Wildman–Crippen MR) is 106 cm³/mol. The molecule has 29 heavy (non-hydrogen) atoms. The number of ether oxygens (including phenoxy) is 1. The average Bonchev–Trinajstić information content (AvgIpc) is 2.70. The first-order valence-electron chi connectivity index (χ1n) is 8.81. The monoisotopic (exact) mass is 394 g/mol. The van der Waals surface area contributed by atoms with Crippen LogP contribution in [0.1, 0.15) is 24.3 Å². The third-order valence-electron chi connectivity index (χ3n) is 4.04. The van der Waals surface area contributed by atoms with E-state index in [2.05, 4.69) is 15.3 Å². The first-order valence-corrected chi connectivity index (χ1v) is 8.81. The summed E-state index contributed by atoms with van der Waals surface area (Å²) in [5, 5.41) is 2.86. The number of rotatable bonds is 7. The van der Waals surface area contributed by atoms with Crippen molar-refractivity contribution in [1.29, 1.82) is 0 Å². The highest BCUT2D eigenvalue weighted by Gasteiger charge is 2.14. The molecule has 148 valence electrons. The minimum atomic E-state index is -0.663. The summed E-state index contributed by atoms with van der Waals surface area (Å²) in [5.41, 5.74) is 6.13. The van der Waals surface area contributed by atoms with Gasteiger partial charge in [-0.1, -0.05) is 0 Å². The normalized spacial score (nSPS) is 11.6. The lowest BCUT2D eigenvalue weighted by molar-refractivity contribution is -0.118. The molecular weight excluding hydrogens is 375 g/mol. The molecule has 1 amide bonds. The smallest absolute Gasteiger partial charge is 0.239 e. The van der Waals surface area contributed by atoms with Crippen LogP contribution < -0.4 is 15.8 Å². The molecule has 1 unspecified atom stereocenters. The van der Waals surface area contributed by atoms with E-state index >= 15 is 0 Å². The molecule has 0 fully saturated rings. The van der Waals surface area contributed by atoms with E-state index < -0.39 is 11.9 Å². The Bertz CT molecular complexity index is 1040. The van der Waals surface area contributed by atoms with Crippen molar-refractivity contribution < 1.29 is 18.7 Å². The number of hydrogen-bond donors (Lipinski definition) is 2. The van der Waals surface area contributed by atoms with Crippen LogP contribution in [-0.2, 0) is 4.79 Å². The Morgan fingerprint density at radius 1 is 1.03 bits per heavy atom. The maximum absolute atomic E-state index is 13.0. The summed E-state index contributed by atoms with van der Waals surface area (Å²) in [4.78, 5) is 31.8. The van der Waals surface area contributed by atoms with Gasteiger partial charge in [0.25, 0.3) is 0 Å². The van der Waals surface area contributed by atoms with E-state index in [1.54, 1.807) is 31.2 Å². The molecule has 1 aromatic heterocycles. The van der Waals surface area contributed by atoms with Crippen molar-refractivity contribution in [3.05, 3.63) is 66.1 Å². The SMILES string of the molecule is CC(=O)c1cc(NC(C)C(N)=O)nc(-c2ccc(Oc3ccc(F)cc3)cc2)n1. The topological polar surface area (TPSA) is 107 Å². The molecule has 0 saturated heterocycles. The van der Waals surface area contributed by atoms with Gasteiger partial charge in [0.05, 0.1) is 0 Å². The molecule has 3 rings (SSSR count). The quantitative estimate of drug-likeness (QED) is 0.593. The van der Waals surface area contributed by atoms with Gasteiger partial charge in [-0.15, -0.1) is 0 Å². The Labute approximate surface area is 166 Å². The Morgan fingerprint density at radius 3 is 2.17 bits per heavy atom. The van der Waals surface area contributed by atoms with Gasteiger partial charge in [-0.2, -0.15) is 0 Å². The fourth-order valence-corrected chi connectivity index (χ4v) is 2.43. The Hall–Kier alpha value is -3.81. The summed E-state index contributed by atoms with van der Waals surface area (Å²) in [6.07, 6.45) is 0. The van der Waals surface area contributed by atoms with Crippen LogP contribution in [0.3, 0.4) is 0 Å². The summed E-state index contributed by atoms with van der Waals surface area (Å²) in [6.45, 7) is 2.99. The molecule has 2 aromatic carbocycles. The maximum Gasteiger partial charge on any atom is 0.239 e. The maximum atomic E-state index is 13.0. The molecule has 1 heterocycles. The molecular formula is C21H19FN4O3. The number of nitrogens with zero attached hydrogens (tertiary/aromatic N) is 2. The van der Waals surface area contributed by atoms with Crippen LogP contribution in [0.4, 0.5) is 10.2 Å². The van der Waals surface area contributed by atoms with Crippen molar-refractivity contribution in [3.63, 3.8) is 0 Å². The first-order chi connectivity index (χ1) is 13.8. The summed E-state index contributed by atoms with van der Waals surface area (Å²) >= 11 is 0. The van der Waals surface area contributed by atoms with Gasteiger partial charge in [0.2, 0.25) is 5.91 Å². The van der Waals surface area contributed by atoms with Crippen LogP contribution in [0.15, 0.2) is 54.6 Å². The summed E-state index contributed by atoms with van der Waals surface area (Å²) in [6, 6.07) is 13.4. The zero-order valence-corrected chi connectivity index (χ0v) is 15.8. The fourth-order valence-electron chi connectivity index (χ4n) is 2.43. The van der Waals surface area contributed by atoms with E-state index in [4.69, 9.17) is 10.5 Å². The van der Waals surface area contributed by atoms with Crippen molar-refractivity contribution in [2.75, 3.05) is 5.32 Å². The lowest BCUT2D eigenvalue weighted by atomic mass is 10.2. The number of aromatic nitrogens is 2. The zero-order valence-electron chi connectivity index (χ0n) is 15.8. The number of Topliss-reactive ketones (excluding diaryl/α,β-unsaturated/α-hetero) is 1. The van der Waals surface area contributed by atoms with Gasteiger partial charge in [-0.25, -0.2) is 14.4 Å². The molecule has 1 atom stereocenters. The zero-order chi connectivity index (χ0) is 21.0. The van der Waals surface area contributed by atoms with Gasteiger partial charge >= 0.3 is 0 Å². The highest BCUT2D eigenvalue weighted by Crippen LogP contribution is 2.25. The number of benzene rings is 2. The molecule has 0 radical (unpaired) electrons. The second kappa shape index (κ2) is 8.47. The molecule has 0 aliphatic heterocycles. The van der Waals surface area contributed by atoms with Crippen molar-refractivity contribution >= 4 is 17.5 Å². The second-order valence-corrected chi connectivity index (χ2v) is 6.37. The molecule has 0 saturated carbocycles. The predicted octanol–water partition coefficient (Wildman–Crippen LogP) is 3.56. The Morgan fingerprint density at radius 2 is 1.62 bits per heavy atom. The molecule has 8 heteroatoms. The van der Waals surface area contributed by atoms with Crippen LogP contribution in [-0.4, -0.2) is 27.7 Å². The minimum absolute atomic E-state index is 0.209. The van der Waals surface area contributed by atoms with Crippen LogP contribution in [0.2, 0.25) is 0 Å². The average molecular weight is 394 g/mol. The van der Waals surface area contributed by atoms with Crippen molar-refractivity contribution in [1.82, 2.24) is 9.97 Å². The number of halogens is 1. The Kier molecular flexibility index (Phi) is 5.82. The highest BCUT2D eigenvalue weighted by atomic mass is 19.1. The highest BCUT2D eigenvalue weighted by molar-refractivity contribution is 5.93. The van der Waals surface area contributed by atoms with E-state index in [1.165, 1.54) is 37.3 Å². The number of nitrogens with one attached hydrogen (secondary N) is 1. The molecule has 0 aliphatic rings. The largest absolute Gasteiger partial charge is 0.457 e. The van der Waals surface area contributed by atoms with Crippen molar-refractivity contribution in [2.24, 2.45) is 5.73 Å². The lowest BCUT2D eigenvalue weighted by Crippen LogP contribution is -2.32. The molecule has 3 aromatic rings. The molecule has 7 nitrogen and oxygen atoms in total. The number of ketones is 1. The Balaban J connectivity index is 1.86. The van der Waals surface area contributed by atoms with Crippen LogP contribution >= 0.6 is 0 Å². The third kappa shape index (κ3) is 5.13. The van der Waals surface area contributed by atoms with Gasteiger partial charge in [0.15, 0.2) is 11.6 Å². The summed E-state index contributed by atoms with van der Waals surface area (Å²) in [5.74, 6) is 0.551. The number of nitrogens with two attached hydrogens (primary N) is 1. The van der Waals surface area contributed by atoms with Crippen molar-refractivity contribution in [2.45, 2.75) is 19.9 Å². The van der Waals surface area contributed by atoms with Gasteiger partial charge < -0.3 is 15.8 Å². The second-order valence-electron chi connectivity index (χ2n) is 6.37. The van der Waals surface area contributed by atoms with Gasteiger partial charge in [-0.3, -0.25) is 9.59 Å². The molecule has 0 bridgehead atoms. The molecule has 3 N–H and O–H groups in total. The standard InChI is InChI=1S/C21H19FN4O3/c1-12(20(23)28)24-19-11-18(13(2)27)25-21(26-19)14-3-7-16(8-4-14)29-17-9-5-15(22)6-10-17/h3-12H,1-2H3,(H2,23,28)(H,24,25,26). The number of carbonyl (C=O) groups excluding carboxylic acids is 2. The van der Waals surface area contributed by atoms with Gasteiger partial charge in [0.1, 0.15) is 34.9 Å². The van der Waals surface area contributed by atoms with E-state index in [-0.39, 0.29) is 17.3 Å². The molecule has 0 aliphatic carbocycles. The number of primary amides is 1. The number of amides is 1. The first kappa shape index (κ1) is 19.9. The van der Waals surface area contributed by atoms with E-state index in [0.29, 0.717) is 28.7 Å². The minimum Gasteiger partial charge on any atom is -0.457 e. The number of carbonyl (C=O) groups is 2. The van der Waals surface area contributed by atoms with Crippen LogP contribution in [0.5, 0.6) is 11.5 Å². The van der Waals surface area contributed by atoms with Crippen molar-refractivity contribution in [3.8, 4) is 22.9 Å². The van der Waals surface area contributed by atoms with E-state index in [9.17, 15) is 14.0 Å². The van der Waals surface area contributed by atoms with E-state index in [0.717, 1.165) is 0 Å². The molecule has 0 spiro atoms. The summed E-state index contributed by atoms with van der Waals surface area (Å²) in [7, 11) is 0. The van der Waals surface area contributed by atoms with Gasteiger partial charge in [0, 0.05) is 18.6 Å². The lowest BCUT2D eigenvalue weighted by Gasteiger charge is -2.13. The van der Waals surface area contributed by atoms with Crippen LogP contribution in [0.25, 0.3) is 11.4 Å². The third-order valence-corrected chi connectivity index (χ3v) is 4.04. The number of hydrogen-bond acceptors (Lipinski definition) is 6. The number of anilines is 1. The van der Waals surface area contributed by atoms with E-state index in [1.807, 2.05) is 0 Å². The van der Waals surface area contributed by atoms with Crippen LogP contribution in [0, 0.1) is 5.82 Å². The van der Waals surface area contributed by atoms with Gasteiger partial charge in [-0.05, 0) is 55.5 Å². The fraction of sp³-hybridized carbons (Fsp3) is 0.143.